The number of aliphatic carboxylic acids is 1. The molecular weight excluding hydrogens is 256 g/mol. The van der Waals surface area contributed by atoms with E-state index in [0.717, 1.165) is 37.1 Å². The average molecular weight is 274 g/mol. The Labute approximate surface area is 117 Å². The molecule has 1 aromatic carbocycles. The molecule has 0 aliphatic carbocycles. The summed E-state index contributed by atoms with van der Waals surface area (Å²) in [6, 6.07) is 6.43. The third-order valence-electron chi connectivity index (χ3n) is 4.11. The summed E-state index contributed by atoms with van der Waals surface area (Å²) in [4.78, 5) is 25.6. The molecular formula is C15H18N2O3. The predicted octanol–water partition coefficient (Wildman–Crippen LogP) is 1.17. The molecule has 106 valence electrons. The lowest BCUT2D eigenvalue weighted by molar-refractivity contribution is -0.140. The Kier molecular flexibility index (Phi) is 3.44. The Bertz CT molecular complexity index is 538. The maximum Gasteiger partial charge on any atom is 0.327 e. The molecule has 2 aliphatic heterocycles. The number of hydrogen-bond donors (Lipinski definition) is 2. The highest BCUT2D eigenvalue weighted by Gasteiger charge is 2.40. The second-order valence-electron chi connectivity index (χ2n) is 5.40. The van der Waals surface area contributed by atoms with Gasteiger partial charge in [0.05, 0.1) is 6.04 Å². The molecule has 2 N–H and O–H groups in total. The fourth-order valence-electron chi connectivity index (χ4n) is 3.09. The molecule has 3 rings (SSSR count). The molecule has 2 heterocycles. The van der Waals surface area contributed by atoms with Gasteiger partial charge in [-0.1, -0.05) is 24.6 Å². The first-order valence-corrected chi connectivity index (χ1v) is 7.05. The first-order chi connectivity index (χ1) is 9.68. The largest absolute Gasteiger partial charge is 0.480 e. The lowest BCUT2D eigenvalue weighted by Crippen LogP contribution is -2.53. The summed E-state index contributed by atoms with van der Waals surface area (Å²) in [6.07, 6.45) is 3.26. The molecule has 1 amide bonds. The van der Waals surface area contributed by atoms with E-state index in [0.29, 0.717) is 6.42 Å². The monoisotopic (exact) mass is 274 g/mol. The minimum Gasteiger partial charge on any atom is -0.480 e. The summed E-state index contributed by atoms with van der Waals surface area (Å²) in [6.45, 7) is 0.823. The van der Waals surface area contributed by atoms with Crippen molar-refractivity contribution < 1.29 is 14.7 Å². The summed E-state index contributed by atoms with van der Waals surface area (Å²) >= 11 is 0. The predicted molar refractivity (Wildman–Crippen MR) is 74.7 cm³/mol. The molecule has 1 unspecified atom stereocenters. The molecule has 5 heteroatoms. The second-order valence-corrected chi connectivity index (χ2v) is 5.40. The van der Waals surface area contributed by atoms with Crippen LogP contribution in [0.4, 0.5) is 5.69 Å². The second kappa shape index (κ2) is 5.25. The number of anilines is 1. The van der Waals surface area contributed by atoms with Gasteiger partial charge < -0.3 is 10.4 Å². The molecule has 5 nitrogen and oxygen atoms in total. The highest BCUT2D eigenvalue weighted by atomic mass is 16.4. The van der Waals surface area contributed by atoms with Crippen LogP contribution in [0.25, 0.3) is 0 Å². The Morgan fingerprint density at radius 2 is 2.05 bits per heavy atom. The standard InChI is InChI=1S/C15H18N2O3/c18-14(11-6-3-4-8-16-11)17-12-7-2-1-5-10(12)9-13(17)15(19)20/h1-2,5,7,11,13,16H,3-4,6,8-9H2,(H,19,20)/t11-,13?/m1/s1. The number of amides is 1. The maximum absolute atomic E-state index is 12.7. The van der Waals surface area contributed by atoms with E-state index in [2.05, 4.69) is 5.32 Å². The molecule has 0 aromatic heterocycles. The molecule has 0 spiro atoms. The van der Waals surface area contributed by atoms with Gasteiger partial charge >= 0.3 is 5.97 Å². The number of nitrogens with zero attached hydrogens (tertiary/aromatic N) is 1. The first-order valence-electron chi connectivity index (χ1n) is 7.05. The fraction of sp³-hybridized carbons (Fsp3) is 0.467. The molecule has 20 heavy (non-hydrogen) atoms. The van der Waals surface area contributed by atoms with Crippen molar-refractivity contribution in [1.82, 2.24) is 5.32 Å². The summed E-state index contributed by atoms with van der Waals surface area (Å²) < 4.78 is 0. The molecule has 0 radical (unpaired) electrons. The van der Waals surface area contributed by atoms with E-state index in [1.165, 1.54) is 4.90 Å². The summed E-state index contributed by atoms with van der Waals surface area (Å²) in [5.74, 6) is -1.05. The van der Waals surface area contributed by atoms with E-state index in [1.807, 2.05) is 24.3 Å². The molecule has 1 fully saturated rings. The van der Waals surface area contributed by atoms with Crippen molar-refractivity contribution in [3.05, 3.63) is 29.8 Å². The summed E-state index contributed by atoms with van der Waals surface area (Å²) in [5.41, 5.74) is 1.68. The van der Waals surface area contributed by atoms with Crippen molar-refractivity contribution in [2.75, 3.05) is 11.4 Å². The molecule has 0 bridgehead atoms. The average Bonchev–Trinajstić information content (AvgIpc) is 2.87. The van der Waals surface area contributed by atoms with Crippen molar-refractivity contribution in [2.24, 2.45) is 0 Å². The van der Waals surface area contributed by atoms with Crippen molar-refractivity contribution in [3.63, 3.8) is 0 Å². The Morgan fingerprint density at radius 3 is 2.75 bits per heavy atom. The number of fused-ring (bicyclic) bond motifs is 1. The Balaban J connectivity index is 1.91. The number of carboxylic acid groups (broad SMARTS) is 1. The first kappa shape index (κ1) is 13.1. The number of hydrogen-bond acceptors (Lipinski definition) is 3. The van der Waals surface area contributed by atoms with Crippen LogP contribution >= 0.6 is 0 Å². The molecule has 1 saturated heterocycles. The SMILES string of the molecule is O=C(O)C1Cc2ccccc2N1C(=O)[C@H]1CCCCN1. The Hall–Kier alpha value is -1.88. The number of para-hydroxylation sites is 1. The van der Waals surface area contributed by atoms with Gasteiger partial charge in [-0.2, -0.15) is 0 Å². The number of rotatable bonds is 2. The zero-order valence-corrected chi connectivity index (χ0v) is 11.2. The maximum atomic E-state index is 12.7. The van der Waals surface area contributed by atoms with Crippen LogP contribution in [0.3, 0.4) is 0 Å². The van der Waals surface area contributed by atoms with Crippen molar-refractivity contribution in [3.8, 4) is 0 Å². The summed E-state index contributed by atoms with van der Waals surface area (Å²) in [7, 11) is 0. The fourth-order valence-corrected chi connectivity index (χ4v) is 3.09. The van der Waals surface area contributed by atoms with Crippen molar-refractivity contribution in [2.45, 2.75) is 37.8 Å². The quantitative estimate of drug-likeness (QED) is 0.849. The van der Waals surface area contributed by atoms with Gasteiger partial charge in [0, 0.05) is 12.1 Å². The van der Waals surface area contributed by atoms with Crippen LogP contribution in [0.2, 0.25) is 0 Å². The van der Waals surface area contributed by atoms with Crippen LogP contribution in [-0.2, 0) is 16.0 Å². The highest BCUT2D eigenvalue weighted by molar-refractivity contribution is 6.04. The lowest BCUT2D eigenvalue weighted by Gasteiger charge is -2.30. The van der Waals surface area contributed by atoms with E-state index in [9.17, 15) is 14.7 Å². The number of piperidine rings is 1. The topological polar surface area (TPSA) is 69.6 Å². The number of carbonyl (C=O) groups excluding carboxylic acids is 1. The van der Waals surface area contributed by atoms with Crippen LogP contribution in [0.15, 0.2) is 24.3 Å². The number of nitrogens with one attached hydrogen (secondary N) is 1. The third kappa shape index (κ3) is 2.18. The van der Waals surface area contributed by atoms with E-state index in [1.54, 1.807) is 0 Å². The van der Waals surface area contributed by atoms with Crippen LogP contribution in [0, 0.1) is 0 Å². The third-order valence-corrected chi connectivity index (χ3v) is 4.11. The zero-order chi connectivity index (χ0) is 14.1. The molecule has 0 saturated carbocycles. The summed E-state index contributed by atoms with van der Waals surface area (Å²) in [5, 5.41) is 12.6. The minimum absolute atomic E-state index is 0.109. The number of benzene rings is 1. The van der Waals surface area contributed by atoms with Gasteiger partial charge in [-0.15, -0.1) is 0 Å². The van der Waals surface area contributed by atoms with Crippen molar-refractivity contribution >= 4 is 17.6 Å². The highest BCUT2D eigenvalue weighted by Crippen LogP contribution is 2.33. The number of carboxylic acids is 1. The molecule has 2 atom stereocenters. The van der Waals surface area contributed by atoms with Gasteiger partial charge in [-0.25, -0.2) is 4.79 Å². The van der Waals surface area contributed by atoms with Gasteiger partial charge in [0.15, 0.2) is 0 Å². The van der Waals surface area contributed by atoms with Gasteiger partial charge in [0.1, 0.15) is 6.04 Å². The zero-order valence-electron chi connectivity index (χ0n) is 11.2. The van der Waals surface area contributed by atoms with Gasteiger partial charge in [0.25, 0.3) is 0 Å². The lowest BCUT2D eigenvalue weighted by atomic mass is 10.0. The Morgan fingerprint density at radius 1 is 1.25 bits per heavy atom. The smallest absolute Gasteiger partial charge is 0.327 e. The normalized spacial score (nSPS) is 25.3. The van der Waals surface area contributed by atoms with Crippen LogP contribution in [0.1, 0.15) is 24.8 Å². The number of carbonyl (C=O) groups is 2. The molecule has 1 aromatic rings. The van der Waals surface area contributed by atoms with Crippen LogP contribution in [-0.4, -0.2) is 35.6 Å². The van der Waals surface area contributed by atoms with Crippen LogP contribution < -0.4 is 10.2 Å². The van der Waals surface area contributed by atoms with E-state index < -0.39 is 12.0 Å². The van der Waals surface area contributed by atoms with Gasteiger partial charge in [-0.05, 0) is 31.0 Å². The van der Waals surface area contributed by atoms with E-state index >= 15 is 0 Å². The van der Waals surface area contributed by atoms with Crippen molar-refractivity contribution in [1.29, 1.82) is 0 Å². The van der Waals surface area contributed by atoms with E-state index in [4.69, 9.17) is 0 Å². The van der Waals surface area contributed by atoms with E-state index in [-0.39, 0.29) is 11.9 Å². The van der Waals surface area contributed by atoms with Gasteiger partial charge in [0.2, 0.25) is 5.91 Å². The van der Waals surface area contributed by atoms with Gasteiger partial charge in [-0.3, -0.25) is 9.69 Å². The van der Waals surface area contributed by atoms with Crippen LogP contribution in [0.5, 0.6) is 0 Å². The minimum atomic E-state index is -0.939. The molecule has 2 aliphatic rings.